The molecule has 1 aliphatic rings. The van der Waals surface area contributed by atoms with Crippen LogP contribution in [0.15, 0.2) is 53.6 Å². The Hall–Kier alpha value is -3.15. The molecule has 1 aliphatic heterocycles. The van der Waals surface area contributed by atoms with E-state index in [0.717, 1.165) is 11.1 Å². The number of benzene rings is 2. The van der Waals surface area contributed by atoms with Gasteiger partial charge >= 0.3 is 0 Å². The summed E-state index contributed by atoms with van der Waals surface area (Å²) in [5, 5.41) is 16.4. The molecule has 1 fully saturated rings. The normalized spacial score (nSPS) is 19.8. The molecule has 2 aromatic carbocycles. The van der Waals surface area contributed by atoms with Crippen LogP contribution in [0.3, 0.4) is 0 Å². The first-order chi connectivity index (χ1) is 12.1. The van der Waals surface area contributed by atoms with E-state index in [9.17, 15) is 14.7 Å². The van der Waals surface area contributed by atoms with E-state index in [0.29, 0.717) is 12.1 Å². The van der Waals surface area contributed by atoms with Crippen LogP contribution in [-0.2, 0) is 9.59 Å². The largest absolute Gasteiger partial charge is 0.507 e. The third-order valence-electron chi connectivity index (χ3n) is 4.25. The van der Waals surface area contributed by atoms with E-state index in [1.807, 2.05) is 37.3 Å². The van der Waals surface area contributed by atoms with E-state index in [2.05, 4.69) is 15.8 Å². The van der Waals surface area contributed by atoms with E-state index in [4.69, 9.17) is 0 Å². The standard InChI is InChI=1S/C19H19N3O3/c1-12-7-8-16(23)14(9-12)10-21-22-19(25)17-15(11-20-18(17)24)13-5-3-2-4-6-13/h2-10,15,17,23H,11H2,1H3,(H,20,24)(H,22,25)/b21-10-/t15-,17+/m1/s1. The summed E-state index contributed by atoms with van der Waals surface area (Å²) >= 11 is 0. The number of phenols is 1. The van der Waals surface area contributed by atoms with Gasteiger partial charge in [0, 0.05) is 18.0 Å². The quantitative estimate of drug-likeness (QED) is 0.450. The number of aryl methyl sites for hydroxylation is 1. The predicted molar refractivity (Wildman–Crippen MR) is 94.3 cm³/mol. The second-order valence-corrected chi connectivity index (χ2v) is 6.04. The van der Waals surface area contributed by atoms with Crippen molar-refractivity contribution in [3.8, 4) is 5.75 Å². The summed E-state index contributed by atoms with van der Waals surface area (Å²) in [4.78, 5) is 24.5. The van der Waals surface area contributed by atoms with Crippen LogP contribution >= 0.6 is 0 Å². The second kappa shape index (κ2) is 7.17. The van der Waals surface area contributed by atoms with Gasteiger partial charge in [0.2, 0.25) is 5.91 Å². The van der Waals surface area contributed by atoms with Crippen LogP contribution < -0.4 is 10.7 Å². The van der Waals surface area contributed by atoms with Gasteiger partial charge in [0.1, 0.15) is 11.7 Å². The molecule has 0 spiro atoms. The van der Waals surface area contributed by atoms with E-state index in [1.54, 1.807) is 18.2 Å². The van der Waals surface area contributed by atoms with Crippen LogP contribution in [0.5, 0.6) is 5.75 Å². The van der Waals surface area contributed by atoms with Crippen LogP contribution in [0.4, 0.5) is 0 Å². The molecule has 3 N–H and O–H groups in total. The topological polar surface area (TPSA) is 90.8 Å². The highest BCUT2D eigenvalue weighted by atomic mass is 16.3. The maximum atomic E-state index is 12.4. The lowest BCUT2D eigenvalue weighted by molar-refractivity contribution is -0.133. The molecule has 0 unspecified atom stereocenters. The van der Waals surface area contributed by atoms with Gasteiger partial charge in [-0.3, -0.25) is 9.59 Å². The number of carbonyl (C=O) groups is 2. The Labute approximate surface area is 145 Å². The average molecular weight is 337 g/mol. The van der Waals surface area contributed by atoms with Crippen molar-refractivity contribution in [2.75, 3.05) is 6.54 Å². The van der Waals surface area contributed by atoms with Crippen LogP contribution in [0.25, 0.3) is 0 Å². The number of nitrogens with zero attached hydrogens (tertiary/aromatic N) is 1. The second-order valence-electron chi connectivity index (χ2n) is 6.04. The molecule has 3 rings (SSSR count). The molecule has 0 bridgehead atoms. The predicted octanol–water partition coefficient (Wildman–Crippen LogP) is 1.68. The zero-order valence-electron chi connectivity index (χ0n) is 13.8. The molecule has 2 atom stereocenters. The van der Waals surface area contributed by atoms with Crippen molar-refractivity contribution in [3.63, 3.8) is 0 Å². The van der Waals surface area contributed by atoms with Gasteiger partial charge in [-0.1, -0.05) is 42.0 Å². The van der Waals surface area contributed by atoms with E-state index in [-0.39, 0.29) is 17.6 Å². The fourth-order valence-electron chi connectivity index (χ4n) is 2.95. The first-order valence-electron chi connectivity index (χ1n) is 8.01. The summed E-state index contributed by atoms with van der Waals surface area (Å²) in [5.41, 5.74) is 4.80. The molecule has 0 aromatic heterocycles. The molecular weight excluding hydrogens is 318 g/mol. The summed E-state index contributed by atoms with van der Waals surface area (Å²) in [5.74, 6) is -1.75. The lowest BCUT2D eigenvalue weighted by atomic mass is 9.88. The van der Waals surface area contributed by atoms with Crippen molar-refractivity contribution >= 4 is 18.0 Å². The summed E-state index contributed by atoms with van der Waals surface area (Å²) in [6.45, 7) is 2.31. The average Bonchev–Trinajstić information content (AvgIpc) is 3.00. The molecule has 0 radical (unpaired) electrons. The number of hydrogen-bond acceptors (Lipinski definition) is 4. The van der Waals surface area contributed by atoms with Gasteiger partial charge in [0.15, 0.2) is 0 Å². The molecule has 0 saturated carbocycles. The maximum Gasteiger partial charge on any atom is 0.253 e. The molecule has 2 aromatic rings. The Kier molecular flexibility index (Phi) is 4.79. The molecule has 128 valence electrons. The van der Waals surface area contributed by atoms with Gasteiger partial charge in [-0.25, -0.2) is 5.43 Å². The Morgan fingerprint density at radius 1 is 1.28 bits per heavy atom. The van der Waals surface area contributed by atoms with Gasteiger partial charge < -0.3 is 10.4 Å². The minimum absolute atomic E-state index is 0.0735. The number of amides is 2. The Morgan fingerprint density at radius 2 is 2.04 bits per heavy atom. The molecule has 2 amide bonds. The van der Waals surface area contributed by atoms with E-state index in [1.165, 1.54) is 6.21 Å². The molecule has 25 heavy (non-hydrogen) atoms. The van der Waals surface area contributed by atoms with Gasteiger partial charge in [0.05, 0.1) is 6.21 Å². The monoisotopic (exact) mass is 337 g/mol. The summed E-state index contributed by atoms with van der Waals surface area (Å²) in [6.07, 6.45) is 1.37. The van der Waals surface area contributed by atoms with Crippen LogP contribution in [0.1, 0.15) is 22.6 Å². The van der Waals surface area contributed by atoms with Crippen molar-refractivity contribution in [1.82, 2.24) is 10.7 Å². The highest BCUT2D eigenvalue weighted by molar-refractivity contribution is 6.03. The molecule has 6 nitrogen and oxygen atoms in total. The van der Waals surface area contributed by atoms with Crippen molar-refractivity contribution in [3.05, 3.63) is 65.2 Å². The van der Waals surface area contributed by atoms with Crippen molar-refractivity contribution < 1.29 is 14.7 Å². The molecule has 1 saturated heterocycles. The number of hydrogen-bond donors (Lipinski definition) is 3. The first-order valence-corrected chi connectivity index (χ1v) is 8.01. The van der Waals surface area contributed by atoms with Gasteiger partial charge in [-0.15, -0.1) is 0 Å². The minimum Gasteiger partial charge on any atom is -0.507 e. The van der Waals surface area contributed by atoms with Crippen LogP contribution in [-0.4, -0.2) is 29.7 Å². The SMILES string of the molecule is Cc1ccc(O)c(/C=N\NC(=O)[C@@H]2C(=O)NC[C@@H]2c2ccccc2)c1. The van der Waals surface area contributed by atoms with Crippen molar-refractivity contribution in [2.45, 2.75) is 12.8 Å². The smallest absolute Gasteiger partial charge is 0.253 e. The Bertz CT molecular complexity index is 818. The fourth-order valence-corrected chi connectivity index (χ4v) is 2.95. The number of rotatable bonds is 4. The lowest BCUT2D eigenvalue weighted by Gasteiger charge is -2.15. The van der Waals surface area contributed by atoms with E-state index >= 15 is 0 Å². The zero-order valence-corrected chi connectivity index (χ0v) is 13.8. The maximum absolute atomic E-state index is 12.4. The molecule has 0 aliphatic carbocycles. The number of phenolic OH excluding ortho intramolecular Hbond substituents is 1. The van der Waals surface area contributed by atoms with Gasteiger partial charge in [0.25, 0.3) is 5.91 Å². The number of nitrogens with one attached hydrogen (secondary N) is 2. The third kappa shape index (κ3) is 3.68. The summed E-state index contributed by atoms with van der Waals surface area (Å²) in [6, 6.07) is 14.5. The number of aromatic hydroxyl groups is 1. The highest BCUT2D eigenvalue weighted by Crippen LogP contribution is 2.29. The fraction of sp³-hybridized carbons (Fsp3) is 0.211. The van der Waals surface area contributed by atoms with Crippen molar-refractivity contribution in [2.24, 2.45) is 11.0 Å². The molecular formula is C19H19N3O3. The number of hydrazone groups is 1. The van der Waals surface area contributed by atoms with Crippen LogP contribution in [0, 0.1) is 12.8 Å². The highest BCUT2D eigenvalue weighted by Gasteiger charge is 2.40. The van der Waals surface area contributed by atoms with Crippen LogP contribution in [0.2, 0.25) is 0 Å². The Balaban J connectivity index is 1.72. The molecule has 6 heteroatoms. The third-order valence-corrected chi connectivity index (χ3v) is 4.25. The first kappa shape index (κ1) is 16.7. The van der Waals surface area contributed by atoms with Gasteiger partial charge in [-0.2, -0.15) is 5.10 Å². The summed E-state index contributed by atoms with van der Waals surface area (Å²) in [7, 11) is 0. The number of carbonyl (C=O) groups excluding carboxylic acids is 2. The summed E-state index contributed by atoms with van der Waals surface area (Å²) < 4.78 is 0. The zero-order chi connectivity index (χ0) is 17.8. The lowest BCUT2D eigenvalue weighted by Crippen LogP contribution is -2.34. The minimum atomic E-state index is -0.828. The van der Waals surface area contributed by atoms with E-state index < -0.39 is 11.8 Å². The van der Waals surface area contributed by atoms with Gasteiger partial charge in [-0.05, 0) is 24.6 Å². The van der Waals surface area contributed by atoms with Crippen molar-refractivity contribution in [1.29, 1.82) is 0 Å². The molecule has 1 heterocycles. The Morgan fingerprint density at radius 3 is 2.80 bits per heavy atom.